The number of amides is 1. The summed E-state index contributed by atoms with van der Waals surface area (Å²) in [5.41, 5.74) is -1.43. The fraction of sp³-hybridized carbons (Fsp3) is 0.929. The molecule has 2 aliphatic rings. The van der Waals surface area contributed by atoms with Gasteiger partial charge in [-0.1, -0.05) is 6.42 Å². The molecule has 1 amide bonds. The van der Waals surface area contributed by atoms with E-state index >= 15 is 0 Å². The van der Waals surface area contributed by atoms with E-state index in [1.165, 1.54) is 39.7 Å². The van der Waals surface area contributed by atoms with Gasteiger partial charge in [0.05, 0.1) is 6.61 Å². The Morgan fingerprint density at radius 1 is 1.50 bits per heavy atom. The number of methoxy groups -OCH3 is 1. The Kier molecular flexibility index (Phi) is 3.97. The largest absolute Gasteiger partial charge is 0.381 e. The first-order chi connectivity index (χ1) is 8.44. The van der Waals surface area contributed by atoms with Crippen molar-refractivity contribution in [2.24, 2.45) is 17.8 Å². The molecular weight excluding hydrogens is 230 g/mol. The van der Waals surface area contributed by atoms with Crippen LogP contribution in [-0.2, 0) is 9.53 Å². The van der Waals surface area contributed by atoms with E-state index in [1.807, 2.05) is 0 Å². The molecule has 18 heavy (non-hydrogen) atoms. The van der Waals surface area contributed by atoms with Crippen molar-refractivity contribution in [3.8, 4) is 0 Å². The molecule has 2 saturated carbocycles. The van der Waals surface area contributed by atoms with Gasteiger partial charge in [-0.25, -0.2) is 0 Å². The number of hydrogen-bond donors (Lipinski definition) is 2. The van der Waals surface area contributed by atoms with E-state index in [0.717, 1.165) is 11.8 Å². The van der Waals surface area contributed by atoms with Crippen LogP contribution < -0.4 is 5.32 Å². The standard InChI is InChI=1S/C14H25NO3/c1-9(12-7-10-4-5-11(12)6-10)15-13(16)14(2,17)8-18-3/h9-12,17H,4-8H2,1-3H3,(H,15,16)/t9-,10+,11+,12+,14+/m1/s1. The monoisotopic (exact) mass is 255 g/mol. The number of carbonyl (C=O) groups is 1. The van der Waals surface area contributed by atoms with Crippen LogP contribution in [0.4, 0.5) is 0 Å². The van der Waals surface area contributed by atoms with Gasteiger partial charge in [-0.2, -0.15) is 0 Å². The lowest BCUT2D eigenvalue weighted by atomic mass is 9.83. The molecule has 0 unspecified atom stereocenters. The van der Waals surface area contributed by atoms with Crippen molar-refractivity contribution < 1.29 is 14.6 Å². The van der Waals surface area contributed by atoms with Gasteiger partial charge in [0.15, 0.2) is 5.60 Å². The van der Waals surface area contributed by atoms with Crippen LogP contribution in [0.3, 0.4) is 0 Å². The Labute approximate surface area is 109 Å². The number of carbonyl (C=O) groups excluding carboxylic acids is 1. The van der Waals surface area contributed by atoms with Crippen LogP contribution in [0, 0.1) is 17.8 Å². The van der Waals surface area contributed by atoms with Gasteiger partial charge in [0.25, 0.3) is 5.91 Å². The van der Waals surface area contributed by atoms with E-state index in [2.05, 4.69) is 12.2 Å². The minimum absolute atomic E-state index is 0.0300. The third kappa shape index (κ3) is 2.69. The van der Waals surface area contributed by atoms with Gasteiger partial charge in [0, 0.05) is 13.2 Å². The van der Waals surface area contributed by atoms with E-state index in [4.69, 9.17) is 4.74 Å². The Morgan fingerprint density at radius 2 is 2.22 bits per heavy atom. The van der Waals surface area contributed by atoms with E-state index < -0.39 is 5.60 Å². The SMILES string of the molecule is COC[C@](C)(O)C(=O)N[C@H](C)[C@@H]1C[C@H]2CC[C@H]1C2. The summed E-state index contributed by atoms with van der Waals surface area (Å²) in [7, 11) is 1.49. The lowest BCUT2D eigenvalue weighted by molar-refractivity contribution is -0.144. The van der Waals surface area contributed by atoms with E-state index in [-0.39, 0.29) is 18.6 Å². The summed E-state index contributed by atoms with van der Waals surface area (Å²) in [6, 6.07) is 0.149. The smallest absolute Gasteiger partial charge is 0.254 e. The zero-order valence-electron chi connectivity index (χ0n) is 11.6. The van der Waals surface area contributed by atoms with Gasteiger partial charge in [0.2, 0.25) is 0 Å². The molecule has 5 atom stereocenters. The van der Waals surface area contributed by atoms with Gasteiger partial charge in [-0.3, -0.25) is 4.79 Å². The Balaban J connectivity index is 1.87. The molecular formula is C14H25NO3. The lowest BCUT2D eigenvalue weighted by Crippen LogP contribution is -2.52. The summed E-state index contributed by atoms with van der Waals surface area (Å²) in [5.74, 6) is 1.92. The highest BCUT2D eigenvalue weighted by atomic mass is 16.5. The number of nitrogens with one attached hydrogen (secondary N) is 1. The van der Waals surface area contributed by atoms with Gasteiger partial charge in [-0.05, 0) is 50.9 Å². The van der Waals surface area contributed by atoms with Crippen LogP contribution >= 0.6 is 0 Å². The summed E-state index contributed by atoms with van der Waals surface area (Å²) in [4.78, 5) is 12.0. The molecule has 0 aromatic rings. The minimum Gasteiger partial charge on any atom is -0.381 e. The topological polar surface area (TPSA) is 58.6 Å². The summed E-state index contributed by atoms with van der Waals surface area (Å²) >= 11 is 0. The van der Waals surface area contributed by atoms with Gasteiger partial charge in [-0.15, -0.1) is 0 Å². The Bertz CT molecular complexity index is 316. The number of aliphatic hydroxyl groups is 1. The average Bonchev–Trinajstić information content (AvgIpc) is 2.90. The van der Waals surface area contributed by atoms with Crippen LogP contribution in [-0.4, -0.2) is 36.4 Å². The maximum atomic E-state index is 12.0. The summed E-state index contributed by atoms with van der Waals surface area (Å²) in [6.45, 7) is 3.59. The molecule has 0 aromatic carbocycles. The predicted octanol–water partition coefficient (Wildman–Crippen LogP) is 1.32. The molecule has 2 bridgehead atoms. The first kappa shape index (κ1) is 13.8. The Hall–Kier alpha value is -0.610. The van der Waals surface area contributed by atoms with Crippen LogP contribution in [0.25, 0.3) is 0 Å². The highest BCUT2D eigenvalue weighted by Gasteiger charge is 2.43. The molecule has 0 radical (unpaired) electrons. The fourth-order valence-corrected chi connectivity index (χ4v) is 3.72. The summed E-state index contributed by atoms with van der Waals surface area (Å²) < 4.78 is 4.87. The van der Waals surface area contributed by atoms with Crippen LogP contribution in [0.2, 0.25) is 0 Å². The summed E-state index contributed by atoms with van der Waals surface area (Å²) in [5, 5.41) is 12.9. The molecule has 0 spiro atoms. The molecule has 104 valence electrons. The number of fused-ring (bicyclic) bond motifs is 2. The lowest BCUT2D eigenvalue weighted by Gasteiger charge is -2.31. The van der Waals surface area contributed by atoms with Crippen molar-refractivity contribution >= 4 is 5.91 Å². The van der Waals surface area contributed by atoms with Crippen molar-refractivity contribution in [1.29, 1.82) is 0 Å². The highest BCUT2D eigenvalue weighted by molar-refractivity contribution is 5.84. The normalized spacial score (nSPS) is 35.2. The second-order valence-electron chi connectivity index (χ2n) is 6.31. The molecule has 0 aliphatic heterocycles. The second-order valence-corrected chi connectivity index (χ2v) is 6.31. The van der Waals surface area contributed by atoms with Crippen LogP contribution in [0.5, 0.6) is 0 Å². The zero-order valence-corrected chi connectivity index (χ0v) is 11.6. The van der Waals surface area contributed by atoms with Gasteiger partial charge < -0.3 is 15.2 Å². The van der Waals surface area contributed by atoms with E-state index in [9.17, 15) is 9.90 Å². The van der Waals surface area contributed by atoms with Gasteiger partial charge >= 0.3 is 0 Å². The number of ether oxygens (including phenoxy) is 1. The molecule has 0 aromatic heterocycles. The predicted molar refractivity (Wildman–Crippen MR) is 69.0 cm³/mol. The third-order valence-corrected chi connectivity index (χ3v) is 4.71. The van der Waals surface area contributed by atoms with E-state index in [0.29, 0.717) is 5.92 Å². The van der Waals surface area contributed by atoms with Crippen molar-refractivity contribution in [2.45, 2.75) is 51.2 Å². The Morgan fingerprint density at radius 3 is 2.72 bits per heavy atom. The maximum absolute atomic E-state index is 12.0. The quantitative estimate of drug-likeness (QED) is 0.779. The molecule has 2 N–H and O–H groups in total. The van der Waals surface area contributed by atoms with Crippen molar-refractivity contribution in [3.63, 3.8) is 0 Å². The highest BCUT2D eigenvalue weighted by Crippen LogP contribution is 2.49. The van der Waals surface area contributed by atoms with E-state index in [1.54, 1.807) is 0 Å². The fourth-order valence-electron chi connectivity index (χ4n) is 3.72. The molecule has 0 saturated heterocycles. The van der Waals surface area contributed by atoms with Crippen molar-refractivity contribution in [1.82, 2.24) is 5.32 Å². The molecule has 4 heteroatoms. The first-order valence-corrected chi connectivity index (χ1v) is 6.96. The molecule has 4 nitrogen and oxygen atoms in total. The average molecular weight is 255 g/mol. The molecule has 0 heterocycles. The van der Waals surface area contributed by atoms with Crippen molar-refractivity contribution in [2.75, 3.05) is 13.7 Å². The second kappa shape index (κ2) is 5.17. The third-order valence-electron chi connectivity index (χ3n) is 4.71. The first-order valence-electron chi connectivity index (χ1n) is 6.96. The summed E-state index contributed by atoms with van der Waals surface area (Å²) in [6.07, 6.45) is 5.24. The zero-order chi connectivity index (χ0) is 13.3. The van der Waals surface area contributed by atoms with Crippen LogP contribution in [0.1, 0.15) is 39.5 Å². The van der Waals surface area contributed by atoms with Crippen molar-refractivity contribution in [3.05, 3.63) is 0 Å². The number of rotatable bonds is 5. The minimum atomic E-state index is -1.43. The van der Waals surface area contributed by atoms with Crippen LogP contribution in [0.15, 0.2) is 0 Å². The molecule has 2 fully saturated rings. The number of hydrogen-bond acceptors (Lipinski definition) is 3. The van der Waals surface area contributed by atoms with Gasteiger partial charge in [0.1, 0.15) is 0 Å². The maximum Gasteiger partial charge on any atom is 0.254 e. The molecule has 2 aliphatic carbocycles. The molecule has 2 rings (SSSR count).